The van der Waals surface area contributed by atoms with E-state index < -0.39 is 0 Å². The summed E-state index contributed by atoms with van der Waals surface area (Å²) in [5.74, 6) is 1.15. The first kappa shape index (κ1) is 14.5. The van der Waals surface area contributed by atoms with E-state index in [2.05, 4.69) is 22.2 Å². The van der Waals surface area contributed by atoms with Crippen molar-refractivity contribution in [3.05, 3.63) is 11.9 Å². The zero-order valence-corrected chi connectivity index (χ0v) is 11.9. The van der Waals surface area contributed by atoms with Gasteiger partial charge >= 0.3 is 0 Å². The molecule has 1 amide bonds. The summed E-state index contributed by atoms with van der Waals surface area (Å²) in [7, 11) is 1.62. The normalized spacial score (nSPS) is 18.9. The molecule has 1 saturated heterocycles. The van der Waals surface area contributed by atoms with Crippen molar-refractivity contribution in [2.24, 2.45) is 0 Å². The molecule has 7 nitrogen and oxygen atoms in total. The van der Waals surface area contributed by atoms with Gasteiger partial charge < -0.3 is 20.7 Å². The van der Waals surface area contributed by atoms with Crippen LogP contribution in [0.3, 0.4) is 0 Å². The Morgan fingerprint density at radius 3 is 3.10 bits per heavy atom. The van der Waals surface area contributed by atoms with E-state index in [0.717, 1.165) is 24.2 Å². The lowest BCUT2D eigenvalue weighted by atomic mass is 10.1. The van der Waals surface area contributed by atoms with Gasteiger partial charge in [0.15, 0.2) is 0 Å². The van der Waals surface area contributed by atoms with Crippen molar-refractivity contribution in [1.29, 1.82) is 0 Å². The van der Waals surface area contributed by atoms with Crippen molar-refractivity contribution in [3.8, 4) is 0 Å². The summed E-state index contributed by atoms with van der Waals surface area (Å²) in [6.07, 6.45) is 3.18. The van der Waals surface area contributed by atoms with Gasteiger partial charge in [-0.2, -0.15) is 0 Å². The molecule has 0 spiro atoms. The highest BCUT2D eigenvalue weighted by atomic mass is 16.5. The summed E-state index contributed by atoms with van der Waals surface area (Å²) in [6.45, 7) is 3.62. The molecule has 1 aromatic heterocycles. The van der Waals surface area contributed by atoms with Gasteiger partial charge in [0.25, 0.3) is 0 Å². The molecule has 1 unspecified atom stereocenters. The number of likely N-dealkylation sites (N-methyl/N-ethyl adjacent to an activating group) is 1. The largest absolute Gasteiger partial charge is 0.383 e. The van der Waals surface area contributed by atoms with Gasteiger partial charge in [0, 0.05) is 19.2 Å². The Balaban J connectivity index is 2.37. The number of ether oxygens (including phenoxy) is 1. The number of aromatic nitrogens is 2. The Hall–Kier alpha value is -1.89. The number of carbonyl (C=O) groups is 1. The number of amides is 1. The Morgan fingerprint density at radius 2 is 2.40 bits per heavy atom. The predicted octanol–water partition coefficient (Wildman–Crippen LogP) is -0.0375. The van der Waals surface area contributed by atoms with E-state index >= 15 is 0 Å². The van der Waals surface area contributed by atoms with Crippen LogP contribution in [0.1, 0.15) is 18.9 Å². The highest BCUT2D eigenvalue weighted by Crippen LogP contribution is 2.26. The quantitative estimate of drug-likeness (QED) is 0.803. The van der Waals surface area contributed by atoms with Crippen molar-refractivity contribution >= 4 is 17.5 Å². The molecule has 2 rings (SSSR count). The molecular formula is C13H21N5O2. The van der Waals surface area contributed by atoms with Crippen molar-refractivity contribution in [2.75, 3.05) is 37.4 Å². The van der Waals surface area contributed by atoms with Crippen LogP contribution in [-0.2, 0) is 16.0 Å². The topological polar surface area (TPSA) is 93.4 Å². The highest BCUT2D eigenvalue weighted by molar-refractivity contribution is 5.85. The maximum Gasteiger partial charge on any atom is 0.244 e. The van der Waals surface area contributed by atoms with Crippen LogP contribution in [0.2, 0.25) is 0 Å². The fourth-order valence-electron chi connectivity index (χ4n) is 2.39. The number of hydrogen-bond acceptors (Lipinski definition) is 6. The third-order valence-electron chi connectivity index (χ3n) is 3.41. The van der Waals surface area contributed by atoms with Crippen molar-refractivity contribution < 1.29 is 9.53 Å². The molecule has 110 valence electrons. The van der Waals surface area contributed by atoms with Crippen molar-refractivity contribution in [2.45, 2.75) is 25.8 Å². The molecule has 1 atom stereocenters. The number of nitrogens with two attached hydrogens (primary N) is 1. The fourth-order valence-corrected chi connectivity index (χ4v) is 2.39. The van der Waals surface area contributed by atoms with E-state index in [4.69, 9.17) is 10.5 Å². The minimum Gasteiger partial charge on any atom is -0.383 e. The number of anilines is 2. The Labute approximate surface area is 118 Å². The monoisotopic (exact) mass is 279 g/mol. The maximum atomic E-state index is 12.0. The lowest BCUT2D eigenvalue weighted by Gasteiger charge is -2.36. The minimum absolute atomic E-state index is 0.0793. The Bertz CT molecular complexity index is 480. The van der Waals surface area contributed by atoms with Crippen LogP contribution in [0.15, 0.2) is 6.33 Å². The summed E-state index contributed by atoms with van der Waals surface area (Å²) >= 11 is 0. The molecular weight excluding hydrogens is 258 g/mol. The SMILES string of the molecule is CCCc1c(N)ncnc1N1CCOCC1C(=O)NC. The molecule has 1 aromatic rings. The smallest absolute Gasteiger partial charge is 0.244 e. The molecule has 0 aromatic carbocycles. The molecule has 0 radical (unpaired) electrons. The molecule has 2 heterocycles. The molecule has 0 saturated carbocycles. The zero-order chi connectivity index (χ0) is 14.5. The van der Waals surface area contributed by atoms with Gasteiger partial charge in [-0.05, 0) is 6.42 Å². The van der Waals surface area contributed by atoms with E-state index in [1.807, 2.05) is 4.90 Å². The summed E-state index contributed by atoms with van der Waals surface area (Å²) < 4.78 is 5.41. The van der Waals surface area contributed by atoms with Gasteiger partial charge in [-0.15, -0.1) is 0 Å². The number of nitrogen functional groups attached to an aromatic ring is 1. The fraction of sp³-hybridized carbons (Fsp3) is 0.615. The standard InChI is InChI=1S/C13H21N5O2/c1-3-4-9-11(14)16-8-17-12(9)18-5-6-20-7-10(18)13(19)15-2/h8,10H,3-7H2,1-2H3,(H,15,19)(H2,14,16,17). The van der Waals surface area contributed by atoms with Gasteiger partial charge in [-0.25, -0.2) is 9.97 Å². The molecule has 20 heavy (non-hydrogen) atoms. The average molecular weight is 279 g/mol. The van der Waals surface area contributed by atoms with Crippen LogP contribution >= 0.6 is 0 Å². The van der Waals surface area contributed by atoms with Crippen LogP contribution in [0.25, 0.3) is 0 Å². The summed E-state index contributed by atoms with van der Waals surface area (Å²) in [4.78, 5) is 22.4. The first-order valence-corrected chi connectivity index (χ1v) is 6.84. The van der Waals surface area contributed by atoms with E-state index in [1.165, 1.54) is 6.33 Å². The summed E-state index contributed by atoms with van der Waals surface area (Å²) in [5.41, 5.74) is 6.87. The van der Waals surface area contributed by atoms with E-state index in [-0.39, 0.29) is 11.9 Å². The zero-order valence-electron chi connectivity index (χ0n) is 11.9. The second kappa shape index (κ2) is 6.51. The average Bonchev–Trinajstić information content (AvgIpc) is 2.49. The van der Waals surface area contributed by atoms with Gasteiger partial charge in [-0.1, -0.05) is 13.3 Å². The van der Waals surface area contributed by atoms with Crippen molar-refractivity contribution in [3.63, 3.8) is 0 Å². The number of hydrogen-bond donors (Lipinski definition) is 2. The molecule has 0 bridgehead atoms. The lowest BCUT2D eigenvalue weighted by Crippen LogP contribution is -2.54. The lowest BCUT2D eigenvalue weighted by molar-refractivity contribution is -0.124. The summed E-state index contributed by atoms with van der Waals surface area (Å²) in [5, 5.41) is 2.67. The molecule has 7 heteroatoms. The first-order valence-electron chi connectivity index (χ1n) is 6.84. The van der Waals surface area contributed by atoms with Crippen molar-refractivity contribution in [1.82, 2.24) is 15.3 Å². The van der Waals surface area contributed by atoms with E-state index in [0.29, 0.717) is 25.6 Å². The van der Waals surface area contributed by atoms with Crippen LogP contribution in [0, 0.1) is 0 Å². The van der Waals surface area contributed by atoms with Crippen LogP contribution in [0.4, 0.5) is 11.6 Å². The highest BCUT2D eigenvalue weighted by Gasteiger charge is 2.31. The van der Waals surface area contributed by atoms with Gasteiger partial charge in [0.2, 0.25) is 5.91 Å². The van der Waals surface area contributed by atoms with Gasteiger partial charge in [0.05, 0.1) is 13.2 Å². The van der Waals surface area contributed by atoms with Crippen LogP contribution < -0.4 is 16.0 Å². The molecule has 1 aliphatic heterocycles. The second-order valence-electron chi connectivity index (χ2n) is 4.71. The maximum absolute atomic E-state index is 12.0. The van der Waals surface area contributed by atoms with Crippen LogP contribution in [0.5, 0.6) is 0 Å². The van der Waals surface area contributed by atoms with Gasteiger partial charge in [-0.3, -0.25) is 4.79 Å². The second-order valence-corrected chi connectivity index (χ2v) is 4.71. The first-order chi connectivity index (χ1) is 9.69. The number of rotatable bonds is 4. The molecule has 1 aliphatic rings. The van der Waals surface area contributed by atoms with E-state index in [9.17, 15) is 4.79 Å². The van der Waals surface area contributed by atoms with E-state index in [1.54, 1.807) is 7.05 Å². The number of nitrogens with zero attached hydrogens (tertiary/aromatic N) is 3. The third-order valence-corrected chi connectivity index (χ3v) is 3.41. The minimum atomic E-state index is -0.376. The summed E-state index contributed by atoms with van der Waals surface area (Å²) in [6, 6.07) is -0.376. The molecule has 0 aliphatic carbocycles. The Morgan fingerprint density at radius 1 is 1.60 bits per heavy atom. The number of carbonyl (C=O) groups excluding carboxylic acids is 1. The van der Waals surface area contributed by atoms with Crippen LogP contribution in [-0.4, -0.2) is 48.7 Å². The predicted molar refractivity (Wildman–Crippen MR) is 76.5 cm³/mol. The Kier molecular flexibility index (Phi) is 4.73. The number of nitrogens with one attached hydrogen (secondary N) is 1. The third kappa shape index (κ3) is 2.82. The molecule has 3 N–H and O–H groups in total. The van der Waals surface area contributed by atoms with Gasteiger partial charge in [0.1, 0.15) is 24.0 Å². The number of morpholine rings is 1. The molecule has 1 fully saturated rings.